The van der Waals surface area contributed by atoms with Gasteiger partial charge in [0.15, 0.2) is 0 Å². The molecule has 140 valence electrons. The van der Waals surface area contributed by atoms with Crippen molar-refractivity contribution in [1.29, 1.82) is 5.41 Å². The monoisotopic (exact) mass is 484 g/mol. The number of halogens is 1. The Bertz CT molecular complexity index is 1240. The fourth-order valence-electron chi connectivity index (χ4n) is 2.79. The molecule has 4 aromatic rings. The summed E-state index contributed by atoms with van der Waals surface area (Å²) in [6.45, 7) is 1.97. The second kappa shape index (κ2) is 7.47. The Kier molecular flexibility index (Phi) is 4.86. The van der Waals surface area contributed by atoms with Crippen molar-refractivity contribution in [3.63, 3.8) is 0 Å². The Labute approximate surface area is 174 Å². The summed E-state index contributed by atoms with van der Waals surface area (Å²) >= 11 is 2.28. The molecule has 0 atom stereocenters. The summed E-state index contributed by atoms with van der Waals surface area (Å²) in [7, 11) is 0. The van der Waals surface area contributed by atoms with E-state index in [2.05, 4.69) is 43.9 Å². The van der Waals surface area contributed by atoms with Crippen molar-refractivity contribution in [2.45, 2.75) is 6.92 Å². The summed E-state index contributed by atoms with van der Waals surface area (Å²) in [5.41, 5.74) is 2.91. The van der Waals surface area contributed by atoms with Gasteiger partial charge in [-0.2, -0.15) is 0 Å². The minimum atomic E-state index is 0.165. The number of nitrogen functional groups attached to an aromatic ring is 1. The number of fused-ring (bicyclic) bond motifs is 1. The molecule has 8 heteroatoms. The normalized spacial score (nSPS) is 10.8. The lowest BCUT2D eigenvalue weighted by Crippen LogP contribution is -2.25. The van der Waals surface area contributed by atoms with E-state index < -0.39 is 0 Å². The van der Waals surface area contributed by atoms with E-state index in [0.717, 1.165) is 31.5 Å². The van der Waals surface area contributed by atoms with Gasteiger partial charge in [-0.3, -0.25) is 10.1 Å². The van der Waals surface area contributed by atoms with Crippen molar-refractivity contribution in [3.8, 4) is 11.5 Å². The Morgan fingerprint density at radius 1 is 1.11 bits per heavy atom. The van der Waals surface area contributed by atoms with Crippen LogP contribution in [0.5, 0.6) is 11.5 Å². The van der Waals surface area contributed by atoms with E-state index >= 15 is 0 Å². The Balaban J connectivity index is 1.61. The highest BCUT2D eigenvalue weighted by Crippen LogP contribution is 2.29. The number of benzene rings is 2. The van der Waals surface area contributed by atoms with Crippen LogP contribution in [0.15, 0.2) is 61.1 Å². The van der Waals surface area contributed by atoms with Crippen LogP contribution in [-0.4, -0.2) is 14.6 Å². The molecule has 0 saturated carbocycles. The molecule has 0 spiro atoms. The summed E-state index contributed by atoms with van der Waals surface area (Å²) in [4.78, 5) is 8.71. The Morgan fingerprint density at radius 3 is 2.75 bits per heavy atom. The molecule has 0 aliphatic rings. The number of anilines is 2. The molecule has 0 aliphatic heterocycles. The average Bonchev–Trinajstić information content (AvgIpc) is 2.67. The highest BCUT2D eigenvalue weighted by molar-refractivity contribution is 14.1. The maximum absolute atomic E-state index is 7.76. The van der Waals surface area contributed by atoms with Crippen molar-refractivity contribution >= 4 is 45.0 Å². The van der Waals surface area contributed by atoms with E-state index in [4.69, 9.17) is 16.0 Å². The van der Waals surface area contributed by atoms with Crippen LogP contribution in [-0.2, 0) is 0 Å². The van der Waals surface area contributed by atoms with Gasteiger partial charge in [0.25, 0.3) is 0 Å². The number of nitrogens with one attached hydrogen (secondary N) is 2. The van der Waals surface area contributed by atoms with E-state index in [0.29, 0.717) is 11.5 Å². The molecule has 2 aromatic heterocycles. The molecule has 0 bridgehead atoms. The van der Waals surface area contributed by atoms with E-state index in [1.54, 1.807) is 24.7 Å². The molecular weight excluding hydrogens is 467 g/mol. The molecule has 4 rings (SSSR count). The van der Waals surface area contributed by atoms with Gasteiger partial charge in [-0.25, -0.2) is 9.97 Å². The standard InChI is InChI=1S/C20H17IN6O/c1-12-8-14(3-5-18(12)28-15-6-7-27(23)19(22)10-15)26-20-16-9-13(21)2-4-17(16)24-11-25-20/h2-11,22H,23H2,1H3,(H,24,25,26). The van der Waals surface area contributed by atoms with Crippen molar-refractivity contribution in [1.82, 2.24) is 14.6 Å². The lowest BCUT2D eigenvalue weighted by molar-refractivity contribution is 0.476. The molecule has 28 heavy (non-hydrogen) atoms. The topological polar surface area (TPSA) is 102 Å². The van der Waals surface area contributed by atoms with Crippen molar-refractivity contribution in [3.05, 3.63) is 75.7 Å². The van der Waals surface area contributed by atoms with Crippen molar-refractivity contribution in [2.75, 3.05) is 11.2 Å². The zero-order valence-electron chi connectivity index (χ0n) is 15.0. The lowest BCUT2D eigenvalue weighted by Gasteiger charge is -2.13. The summed E-state index contributed by atoms with van der Waals surface area (Å²) in [5, 5.41) is 12.1. The molecule has 0 aliphatic carbocycles. The van der Waals surface area contributed by atoms with Gasteiger partial charge in [-0.15, -0.1) is 0 Å². The van der Waals surface area contributed by atoms with Crippen molar-refractivity contribution in [2.24, 2.45) is 0 Å². The molecule has 4 N–H and O–H groups in total. The van der Waals surface area contributed by atoms with Crippen LogP contribution in [0.4, 0.5) is 11.5 Å². The van der Waals surface area contributed by atoms with Gasteiger partial charge in [0, 0.05) is 26.9 Å². The minimum Gasteiger partial charge on any atom is -0.457 e. The summed E-state index contributed by atoms with van der Waals surface area (Å²) in [5.74, 6) is 7.64. The Morgan fingerprint density at radius 2 is 1.96 bits per heavy atom. The molecule has 0 saturated heterocycles. The van der Waals surface area contributed by atoms with Crippen LogP contribution in [0, 0.1) is 15.9 Å². The predicted molar refractivity (Wildman–Crippen MR) is 117 cm³/mol. The largest absolute Gasteiger partial charge is 0.457 e. The smallest absolute Gasteiger partial charge is 0.146 e. The lowest BCUT2D eigenvalue weighted by atomic mass is 10.2. The van der Waals surface area contributed by atoms with Gasteiger partial charge in [0.2, 0.25) is 0 Å². The maximum atomic E-state index is 7.76. The quantitative estimate of drug-likeness (QED) is 0.300. The van der Waals surface area contributed by atoms with Crippen LogP contribution < -0.4 is 21.4 Å². The summed E-state index contributed by atoms with van der Waals surface area (Å²) in [6, 6.07) is 15.2. The molecule has 2 heterocycles. The van der Waals surface area contributed by atoms with Gasteiger partial charge in [-0.1, -0.05) is 0 Å². The predicted octanol–water partition coefficient (Wildman–Crippen LogP) is 4.07. The maximum Gasteiger partial charge on any atom is 0.146 e. The molecule has 2 aromatic carbocycles. The van der Waals surface area contributed by atoms with Gasteiger partial charge in [0.1, 0.15) is 29.1 Å². The summed E-state index contributed by atoms with van der Waals surface area (Å²) < 4.78 is 8.24. The third kappa shape index (κ3) is 3.77. The van der Waals surface area contributed by atoms with Crippen LogP contribution in [0.3, 0.4) is 0 Å². The first-order chi connectivity index (χ1) is 13.5. The number of hydrogen-bond acceptors (Lipinski definition) is 6. The molecule has 0 unspecified atom stereocenters. The first kappa shape index (κ1) is 18.2. The number of pyridine rings is 1. The van der Waals surface area contributed by atoms with Crippen LogP contribution in [0.25, 0.3) is 10.9 Å². The number of aromatic nitrogens is 3. The Hall–Kier alpha value is -3.14. The zero-order chi connectivity index (χ0) is 19.7. The van der Waals surface area contributed by atoms with Crippen LogP contribution >= 0.6 is 22.6 Å². The molecular formula is C20H17IN6O. The summed E-state index contributed by atoms with van der Waals surface area (Å²) in [6.07, 6.45) is 3.14. The van der Waals surface area contributed by atoms with Crippen molar-refractivity contribution < 1.29 is 4.74 Å². The van der Waals surface area contributed by atoms with Gasteiger partial charge >= 0.3 is 0 Å². The number of nitrogens with two attached hydrogens (primary N) is 1. The fourth-order valence-corrected chi connectivity index (χ4v) is 3.28. The van der Waals surface area contributed by atoms with Gasteiger partial charge in [-0.05, 0) is 77.5 Å². The first-order valence-corrected chi connectivity index (χ1v) is 9.56. The first-order valence-electron chi connectivity index (χ1n) is 8.48. The van der Waals surface area contributed by atoms with Gasteiger partial charge in [0.05, 0.1) is 5.52 Å². The molecule has 7 nitrogen and oxygen atoms in total. The fraction of sp³-hybridized carbons (Fsp3) is 0.0500. The highest BCUT2D eigenvalue weighted by Gasteiger charge is 2.08. The number of ether oxygens (including phenoxy) is 1. The average molecular weight is 484 g/mol. The van der Waals surface area contributed by atoms with E-state index in [1.807, 2.05) is 37.3 Å². The number of aryl methyl sites for hydroxylation is 1. The third-order valence-electron chi connectivity index (χ3n) is 4.22. The SMILES string of the molecule is Cc1cc(Nc2ncnc3ccc(I)cc23)ccc1Oc1ccn(N)c(=N)c1. The second-order valence-electron chi connectivity index (χ2n) is 6.25. The van der Waals surface area contributed by atoms with Crippen LogP contribution in [0.2, 0.25) is 0 Å². The third-order valence-corrected chi connectivity index (χ3v) is 4.89. The number of nitrogens with zero attached hydrogens (tertiary/aromatic N) is 3. The second-order valence-corrected chi connectivity index (χ2v) is 7.49. The minimum absolute atomic E-state index is 0.165. The highest BCUT2D eigenvalue weighted by atomic mass is 127. The van der Waals surface area contributed by atoms with Gasteiger partial charge < -0.3 is 15.9 Å². The zero-order valence-corrected chi connectivity index (χ0v) is 17.1. The number of hydrogen-bond donors (Lipinski definition) is 3. The van der Waals surface area contributed by atoms with Crippen LogP contribution in [0.1, 0.15) is 5.56 Å². The molecule has 0 fully saturated rings. The molecule has 0 amide bonds. The van der Waals surface area contributed by atoms with E-state index in [-0.39, 0.29) is 5.49 Å². The van der Waals surface area contributed by atoms with E-state index in [9.17, 15) is 0 Å². The number of rotatable bonds is 4. The molecule has 0 radical (unpaired) electrons. The van der Waals surface area contributed by atoms with E-state index in [1.165, 1.54) is 4.68 Å².